The van der Waals surface area contributed by atoms with Crippen LogP contribution < -0.4 is 0 Å². The molecule has 0 fully saturated rings. The molecule has 70 valence electrons. The number of carboxylic acid groups (broad SMARTS) is 2. The Morgan fingerprint density at radius 1 is 1.33 bits per heavy atom. The van der Waals surface area contributed by atoms with Crippen molar-refractivity contribution in [1.29, 1.82) is 0 Å². The summed E-state index contributed by atoms with van der Waals surface area (Å²) >= 11 is 5.12. The molecule has 0 spiro atoms. The minimum atomic E-state index is -2.34. The first-order chi connectivity index (χ1) is 5.36. The average Bonchev–Trinajstić information content (AvgIpc) is 1.85. The Kier molecular flexibility index (Phi) is 3.99. The Morgan fingerprint density at radius 3 is 2.17 bits per heavy atom. The van der Waals surface area contributed by atoms with Crippen molar-refractivity contribution in [1.82, 2.24) is 0 Å². The van der Waals surface area contributed by atoms with E-state index >= 15 is 0 Å². The van der Waals surface area contributed by atoms with Gasteiger partial charge in [-0.05, 0) is 6.42 Å². The quantitative estimate of drug-likeness (QED) is 0.548. The maximum Gasteiger partial charge on any atom is 0.351 e. The molecular formula is C6H9ClO5. The van der Waals surface area contributed by atoms with Crippen LogP contribution in [0.5, 0.6) is 0 Å². The zero-order valence-electron chi connectivity index (χ0n) is 6.16. The van der Waals surface area contributed by atoms with Gasteiger partial charge in [-0.3, -0.25) is 4.79 Å². The first-order valence-corrected chi connectivity index (χ1v) is 3.60. The summed E-state index contributed by atoms with van der Waals surface area (Å²) in [4.78, 5) is 20.2. The lowest BCUT2D eigenvalue weighted by atomic mass is 10.1. The number of aliphatic carboxylic acids is 2. The van der Waals surface area contributed by atoms with Gasteiger partial charge in [0.15, 0.2) is 0 Å². The van der Waals surface area contributed by atoms with Gasteiger partial charge < -0.3 is 15.3 Å². The molecule has 0 aliphatic heterocycles. The minimum Gasteiger partial charge on any atom is -0.481 e. The van der Waals surface area contributed by atoms with Gasteiger partial charge in [0.25, 0.3) is 0 Å². The molecule has 0 aromatic heterocycles. The molecule has 0 rings (SSSR count). The topological polar surface area (TPSA) is 94.8 Å². The molecule has 3 N–H and O–H groups in total. The number of alkyl halides is 1. The van der Waals surface area contributed by atoms with Crippen LogP contribution in [0.2, 0.25) is 0 Å². The van der Waals surface area contributed by atoms with Crippen molar-refractivity contribution in [2.24, 2.45) is 0 Å². The monoisotopic (exact) mass is 196 g/mol. The Morgan fingerprint density at radius 2 is 1.83 bits per heavy atom. The number of aliphatic hydroxyl groups is 1. The fourth-order valence-corrected chi connectivity index (χ4v) is 0.714. The summed E-state index contributed by atoms with van der Waals surface area (Å²) in [6, 6.07) is 0. The van der Waals surface area contributed by atoms with Crippen LogP contribution in [0.1, 0.15) is 19.3 Å². The molecule has 0 bridgehead atoms. The Labute approximate surface area is 73.6 Å². The third-order valence-corrected chi connectivity index (χ3v) is 1.58. The second-order valence-electron chi connectivity index (χ2n) is 2.31. The molecule has 0 aromatic rings. The van der Waals surface area contributed by atoms with Crippen molar-refractivity contribution in [2.45, 2.75) is 24.3 Å². The number of halogens is 1. The smallest absolute Gasteiger partial charge is 0.351 e. The maximum absolute atomic E-state index is 10.2. The molecule has 0 amide bonds. The maximum atomic E-state index is 10.2. The Balaban J connectivity index is 3.76. The third-order valence-electron chi connectivity index (χ3n) is 1.23. The van der Waals surface area contributed by atoms with Gasteiger partial charge in [0.1, 0.15) is 0 Å². The molecule has 5 nitrogen and oxygen atoms in total. The number of carbonyl (C=O) groups is 2. The molecule has 12 heavy (non-hydrogen) atoms. The molecular weight excluding hydrogens is 188 g/mol. The summed E-state index contributed by atoms with van der Waals surface area (Å²) in [5.41, 5.74) is 0. The van der Waals surface area contributed by atoms with Gasteiger partial charge in [-0.2, -0.15) is 0 Å². The Hall–Kier alpha value is -0.810. The van der Waals surface area contributed by atoms with E-state index in [0.717, 1.165) is 0 Å². The second kappa shape index (κ2) is 4.27. The van der Waals surface area contributed by atoms with E-state index in [1.54, 1.807) is 0 Å². The zero-order valence-corrected chi connectivity index (χ0v) is 6.91. The van der Waals surface area contributed by atoms with Crippen LogP contribution >= 0.6 is 11.6 Å². The highest BCUT2D eigenvalue weighted by Gasteiger charge is 2.32. The van der Waals surface area contributed by atoms with Gasteiger partial charge in [0.2, 0.25) is 5.06 Å². The van der Waals surface area contributed by atoms with Crippen LogP contribution in [0.3, 0.4) is 0 Å². The van der Waals surface area contributed by atoms with Gasteiger partial charge in [0, 0.05) is 12.8 Å². The van der Waals surface area contributed by atoms with E-state index in [-0.39, 0.29) is 19.3 Å². The van der Waals surface area contributed by atoms with Crippen molar-refractivity contribution in [3.63, 3.8) is 0 Å². The molecule has 0 aliphatic rings. The predicted molar refractivity (Wildman–Crippen MR) is 39.9 cm³/mol. The number of hydrogen-bond donors (Lipinski definition) is 3. The summed E-state index contributed by atoms with van der Waals surface area (Å²) in [5, 5.41) is 23.0. The molecule has 0 saturated carbocycles. The largest absolute Gasteiger partial charge is 0.481 e. The second-order valence-corrected chi connectivity index (χ2v) is 2.94. The SMILES string of the molecule is O=C(O)CCCC(O)(Cl)C(=O)O. The van der Waals surface area contributed by atoms with E-state index in [1.165, 1.54) is 0 Å². The number of rotatable bonds is 5. The van der Waals surface area contributed by atoms with Gasteiger partial charge >= 0.3 is 11.9 Å². The molecule has 1 unspecified atom stereocenters. The summed E-state index contributed by atoms with van der Waals surface area (Å²) in [6.45, 7) is 0. The van der Waals surface area contributed by atoms with Crippen LogP contribution in [-0.2, 0) is 9.59 Å². The predicted octanol–water partition coefficient (Wildman–Crippen LogP) is 0.253. The van der Waals surface area contributed by atoms with Crippen molar-refractivity contribution < 1.29 is 24.9 Å². The highest BCUT2D eigenvalue weighted by molar-refractivity contribution is 6.32. The molecule has 1 atom stereocenters. The van der Waals surface area contributed by atoms with E-state index in [0.29, 0.717) is 0 Å². The molecule has 0 radical (unpaired) electrons. The van der Waals surface area contributed by atoms with Crippen LogP contribution in [0, 0.1) is 0 Å². The van der Waals surface area contributed by atoms with Crippen molar-refractivity contribution in [2.75, 3.05) is 0 Å². The van der Waals surface area contributed by atoms with Crippen LogP contribution in [0.25, 0.3) is 0 Å². The molecule has 0 aromatic carbocycles. The van der Waals surface area contributed by atoms with E-state index < -0.39 is 17.0 Å². The first-order valence-electron chi connectivity index (χ1n) is 3.23. The fourth-order valence-electron chi connectivity index (χ4n) is 0.581. The van der Waals surface area contributed by atoms with E-state index in [4.69, 9.17) is 26.9 Å². The fraction of sp³-hybridized carbons (Fsp3) is 0.667. The van der Waals surface area contributed by atoms with Gasteiger partial charge in [0.05, 0.1) is 0 Å². The lowest BCUT2D eigenvalue weighted by Crippen LogP contribution is -2.31. The van der Waals surface area contributed by atoms with Gasteiger partial charge in [-0.1, -0.05) is 11.6 Å². The van der Waals surface area contributed by atoms with Crippen LogP contribution in [0.4, 0.5) is 0 Å². The minimum absolute atomic E-state index is 0.0294. The van der Waals surface area contributed by atoms with E-state index in [9.17, 15) is 9.59 Å². The summed E-state index contributed by atoms with van der Waals surface area (Å²) in [5.74, 6) is -2.61. The summed E-state index contributed by atoms with van der Waals surface area (Å²) in [6.07, 6.45) is -0.458. The number of carboxylic acids is 2. The molecule has 6 heteroatoms. The lowest BCUT2D eigenvalue weighted by Gasteiger charge is -2.13. The zero-order chi connectivity index (χ0) is 9.78. The van der Waals surface area contributed by atoms with Gasteiger partial charge in [-0.25, -0.2) is 4.79 Å². The molecule has 0 saturated heterocycles. The van der Waals surface area contributed by atoms with Crippen molar-refractivity contribution >= 4 is 23.5 Å². The van der Waals surface area contributed by atoms with Crippen LogP contribution in [0.15, 0.2) is 0 Å². The highest BCUT2D eigenvalue weighted by atomic mass is 35.5. The van der Waals surface area contributed by atoms with Crippen LogP contribution in [-0.4, -0.2) is 32.3 Å². The number of hydrogen-bond acceptors (Lipinski definition) is 3. The molecule has 0 aliphatic carbocycles. The molecule has 0 heterocycles. The summed E-state index contributed by atoms with van der Waals surface area (Å²) < 4.78 is 0. The van der Waals surface area contributed by atoms with Crippen molar-refractivity contribution in [3.05, 3.63) is 0 Å². The summed E-state index contributed by atoms with van der Waals surface area (Å²) in [7, 11) is 0. The standard InChI is InChI=1S/C6H9ClO5/c7-6(12,5(10)11)3-1-2-4(8)9/h12H,1-3H2,(H,8,9)(H,10,11). The third kappa shape index (κ3) is 4.15. The van der Waals surface area contributed by atoms with Crippen molar-refractivity contribution in [3.8, 4) is 0 Å². The Bertz CT molecular complexity index is 188. The normalized spacial score (nSPS) is 15.2. The van der Waals surface area contributed by atoms with E-state index in [1.807, 2.05) is 0 Å². The van der Waals surface area contributed by atoms with Gasteiger partial charge in [-0.15, -0.1) is 0 Å². The highest BCUT2D eigenvalue weighted by Crippen LogP contribution is 2.19. The first kappa shape index (κ1) is 11.2. The van der Waals surface area contributed by atoms with E-state index in [2.05, 4.69) is 0 Å². The lowest BCUT2D eigenvalue weighted by molar-refractivity contribution is -0.151. The average molecular weight is 197 g/mol.